The molecule has 0 aromatic heterocycles. The molecule has 0 heterocycles. The Hall–Kier alpha value is -1.40. The number of hydrogen-bond donors (Lipinski definition) is 2. The van der Waals surface area contributed by atoms with E-state index in [-0.39, 0.29) is 11.4 Å². The Balaban J connectivity index is 2.76. The second kappa shape index (κ2) is 7.56. The van der Waals surface area contributed by atoms with Crippen molar-refractivity contribution in [3.05, 3.63) is 29.8 Å². The number of hydrogen-bond acceptors (Lipinski definition) is 3. The molecule has 0 aliphatic rings. The summed E-state index contributed by atoms with van der Waals surface area (Å²) in [6, 6.07) is 6.70. The van der Waals surface area contributed by atoms with E-state index in [1.165, 1.54) is 0 Å². The van der Waals surface area contributed by atoms with E-state index in [4.69, 9.17) is 5.11 Å². The van der Waals surface area contributed by atoms with E-state index in [0.717, 1.165) is 12.0 Å². The molecule has 6 heteroatoms. The van der Waals surface area contributed by atoms with E-state index in [2.05, 4.69) is 18.6 Å². The van der Waals surface area contributed by atoms with Gasteiger partial charge in [0.1, 0.15) is 0 Å². The SMILES string of the molecule is CCC(CNS(=O)(=O)c1ccc(CC(C)C)cc1)C(=O)O. The molecule has 0 saturated heterocycles. The molecule has 1 atom stereocenters. The molecule has 0 amide bonds. The molecule has 1 aromatic rings. The molecule has 1 rings (SSSR count). The van der Waals surface area contributed by atoms with Crippen LogP contribution in [-0.2, 0) is 21.2 Å². The molecule has 118 valence electrons. The van der Waals surface area contributed by atoms with Crippen LogP contribution in [0.15, 0.2) is 29.2 Å². The van der Waals surface area contributed by atoms with Gasteiger partial charge in [0.05, 0.1) is 10.8 Å². The minimum atomic E-state index is -3.66. The molecule has 0 fully saturated rings. The molecular weight excluding hydrogens is 290 g/mol. The third-order valence-electron chi connectivity index (χ3n) is 3.24. The number of benzene rings is 1. The van der Waals surface area contributed by atoms with Gasteiger partial charge in [0.15, 0.2) is 0 Å². The first-order chi connectivity index (χ1) is 9.76. The highest BCUT2D eigenvalue weighted by Gasteiger charge is 2.20. The average Bonchev–Trinajstić information content (AvgIpc) is 2.38. The number of nitrogens with one attached hydrogen (secondary N) is 1. The number of sulfonamides is 1. The van der Waals surface area contributed by atoms with Gasteiger partial charge < -0.3 is 5.11 Å². The molecule has 0 aliphatic carbocycles. The van der Waals surface area contributed by atoms with Gasteiger partial charge in [0.25, 0.3) is 0 Å². The highest BCUT2D eigenvalue weighted by Crippen LogP contribution is 2.14. The number of aliphatic carboxylic acids is 1. The number of carboxylic acid groups (broad SMARTS) is 1. The van der Waals surface area contributed by atoms with Gasteiger partial charge in [0, 0.05) is 6.54 Å². The normalized spacial score (nSPS) is 13.3. The van der Waals surface area contributed by atoms with Crippen LogP contribution in [0.3, 0.4) is 0 Å². The topological polar surface area (TPSA) is 83.5 Å². The second-order valence-corrected chi connectivity index (χ2v) is 7.30. The van der Waals surface area contributed by atoms with Crippen LogP contribution in [0.2, 0.25) is 0 Å². The quantitative estimate of drug-likeness (QED) is 0.771. The predicted octanol–water partition coefficient (Wildman–Crippen LogP) is 2.27. The second-order valence-electron chi connectivity index (χ2n) is 5.54. The Morgan fingerprint density at radius 1 is 1.24 bits per heavy atom. The van der Waals surface area contributed by atoms with Crippen LogP contribution in [0, 0.1) is 11.8 Å². The molecule has 5 nitrogen and oxygen atoms in total. The molecule has 1 unspecified atom stereocenters. The zero-order chi connectivity index (χ0) is 16.0. The summed E-state index contributed by atoms with van der Waals surface area (Å²) in [4.78, 5) is 11.1. The van der Waals surface area contributed by atoms with Crippen molar-refractivity contribution in [1.29, 1.82) is 0 Å². The van der Waals surface area contributed by atoms with Crippen LogP contribution in [0.5, 0.6) is 0 Å². The van der Waals surface area contributed by atoms with E-state index in [9.17, 15) is 13.2 Å². The van der Waals surface area contributed by atoms with Gasteiger partial charge in [-0.3, -0.25) is 4.79 Å². The number of carboxylic acids is 1. The summed E-state index contributed by atoms with van der Waals surface area (Å²) in [6.45, 7) is 5.82. The van der Waals surface area contributed by atoms with Crippen LogP contribution < -0.4 is 4.72 Å². The fourth-order valence-corrected chi connectivity index (χ4v) is 3.06. The van der Waals surface area contributed by atoms with Crippen molar-refractivity contribution in [2.75, 3.05) is 6.54 Å². The highest BCUT2D eigenvalue weighted by molar-refractivity contribution is 7.89. The van der Waals surface area contributed by atoms with Crippen LogP contribution in [0.4, 0.5) is 0 Å². The van der Waals surface area contributed by atoms with Crippen molar-refractivity contribution in [2.24, 2.45) is 11.8 Å². The highest BCUT2D eigenvalue weighted by atomic mass is 32.2. The minimum absolute atomic E-state index is 0.0953. The summed E-state index contributed by atoms with van der Waals surface area (Å²) in [7, 11) is -3.66. The molecule has 2 N–H and O–H groups in total. The Morgan fingerprint density at radius 3 is 2.24 bits per heavy atom. The van der Waals surface area contributed by atoms with E-state index in [1.807, 2.05) is 0 Å². The van der Waals surface area contributed by atoms with Gasteiger partial charge in [-0.2, -0.15) is 0 Å². The molecule has 0 bridgehead atoms. The molecule has 1 aromatic carbocycles. The van der Waals surface area contributed by atoms with Gasteiger partial charge in [-0.1, -0.05) is 32.9 Å². The lowest BCUT2D eigenvalue weighted by Gasteiger charge is -2.12. The largest absolute Gasteiger partial charge is 0.481 e. The van der Waals surface area contributed by atoms with E-state index >= 15 is 0 Å². The fourth-order valence-electron chi connectivity index (χ4n) is 1.98. The monoisotopic (exact) mass is 313 g/mol. The van der Waals surface area contributed by atoms with E-state index < -0.39 is 21.9 Å². The zero-order valence-electron chi connectivity index (χ0n) is 12.7. The van der Waals surface area contributed by atoms with Gasteiger partial charge in [0.2, 0.25) is 10.0 Å². The van der Waals surface area contributed by atoms with Gasteiger partial charge >= 0.3 is 5.97 Å². The summed E-state index contributed by atoms with van der Waals surface area (Å²) >= 11 is 0. The van der Waals surface area contributed by atoms with Crippen molar-refractivity contribution in [3.63, 3.8) is 0 Å². The van der Waals surface area contributed by atoms with Crippen molar-refractivity contribution in [1.82, 2.24) is 4.72 Å². The Labute approximate surface area is 126 Å². The summed E-state index contributed by atoms with van der Waals surface area (Å²) in [5.74, 6) is -1.20. The molecule has 0 aliphatic heterocycles. The van der Waals surface area contributed by atoms with Crippen molar-refractivity contribution in [2.45, 2.75) is 38.5 Å². The van der Waals surface area contributed by atoms with Gasteiger partial charge in [-0.25, -0.2) is 13.1 Å². The smallest absolute Gasteiger partial charge is 0.307 e. The summed E-state index contributed by atoms with van der Waals surface area (Å²) < 4.78 is 26.6. The van der Waals surface area contributed by atoms with Gasteiger partial charge in [-0.15, -0.1) is 0 Å². The maximum Gasteiger partial charge on any atom is 0.307 e. The third kappa shape index (κ3) is 5.47. The predicted molar refractivity (Wildman–Crippen MR) is 81.6 cm³/mol. The van der Waals surface area contributed by atoms with E-state index in [0.29, 0.717) is 12.3 Å². The Kier molecular flexibility index (Phi) is 6.36. The average molecular weight is 313 g/mol. The zero-order valence-corrected chi connectivity index (χ0v) is 13.5. The van der Waals surface area contributed by atoms with Crippen molar-refractivity contribution in [3.8, 4) is 0 Å². The Bertz CT molecular complexity index is 564. The first-order valence-corrected chi connectivity index (χ1v) is 8.56. The maximum absolute atomic E-state index is 12.1. The van der Waals surface area contributed by atoms with E-state index in [1.54, 1.807) is 31.2 Å². The Morgan fingerprint density at radius 2 is 1.81 bits per heavy atom. The summed E-state index contributed by atoms with van der Waals surface area (Å²) in [5.41, 5.74) is 1.08. The van der Waals surface area contributed by atoms with Crippen molar-refractivity contribution < 1.29 is 18.3 Å². The van der Waals surface area contributed by atoms with Crippen LogP contribution in [-0.4, -0.2) is 26.0 Å². The first-order valence-electron chi connectivity index (χ1n) is 7.07. The van der Waals surface area contributed by atoms with Crippen molar-refractivity contribution >= 4 is 16.0 Å². The first kappa shape index (κ1) is 17.7. The number of carbonyl (C=O) groups is 1. The summed E-state index contributed by atoms with van der Waals surface area (Å²) in [6.07, 6.45) is 1.27. The van der Waals surface area contributed by atoms with Crippen LogP contribution in [0.1, 0.15) is 32.8 Å². The van der Waals surface area contributed by atoms with Gasteiger partial charge in [-0.05, 0) is 36.5 Å². The molecule has 0 radical (unpaired) electrons. The fraction of sp³-hybridized carbons (Fsp3) is 0.533. The van der Waals surface area contributed by atoms with Crippen LogP contribution >= 0.6 is 0 Å². The van der Waals surface area contributed by atoms with Crippen LogP contribution in [0.25, 0.3) is 0 Å². The lowest BCUT2D eigenvalue weighted by Crippen LogP contribution is -2.32. The lowest BCUT2D eigenvalue weighted by atomic mass is 10.0. The maximum atomic E-state index is 12.1. The minimum Gasteiger partial charge on any atom is -0.481 e. The molecule has 21 heavy (non-hydrogen) atoms. The molecule has 0 spiro atoms. The molecule has 0 saturated carbocycles. The standard InChI is InChI=1S/C15H23NO4S/c1-4-13(15(17)18)10-16-21(19,20)14-7-5-12(6-8-14)9-11(2)3/h5-8,11,13,16H,4,9-10H2,1-3H3,(H,17,18). The molecular formula is C15H23NO4S. The lowest BCUT2D eigenvalue weighted by molar-refractivity contribution is -0.141. The third-order valence-corrected chi connectivity index (χ3v) is 4.68. The number of rotatable bonds is 8. The summed E-state index contributed by atoms with van der Waals surface area (Å²) in [5, 5.41) is 8.93.